The Hall–Kier alpha value is -2.94. The highest BCUT2D eigenvalue weighted by atomic mass is 32.3. The lowest BCUT2D eigenvalue weighted by Gasteiger charge is -2.22. The van der Waals surface area contributed by atoms with Crippen molar-refractivity contribution < 1.29 is 21.3 Å². The molecule has 0 amide bonds. The van der Waals surface area contributed by atoms with E-state index in [9.17, 15) is 16.8 Å². The summed E-state index contributed by atoms with van der Waals surface area (Å²) < 4.78 is 60.9. The van der Waals surface area contributed by atoms with Crippen LogP contribution in [-0.4, -0.2) is 27.1 Å². The van der Waals surface area contributed by atoms with Crippen LogP contribution in [0.5, 0.6) is 0 Å². The lowest BCUT2D eigenvalue weighted by atomic mass is 10.2. The molecule has 3 aromatic carbocycles. The van der Waals surface area contributed by atoms with E-state index in [-0.39, 0.29) is 28.2 Å². The van der Waals surface area contributed by atoms with Gasteiger partial charge in [-0.2, -0.15) is 0 Å². The second-order valence-electron chi connectivity index (χ2n) is 9.21. The normalized spacial score (nSPS) is 18.3. The van der Waals surface area contributed by atoms with Gasteiger partial charge in [0.05, 0.1) is 9.79 Å². The van der Waals surface area contributed by atoms with Crippen molar-refractivity contribution in [1.29, 1.82) is 0 Å². The number of para-hydroxylation sites is 1. The largest absolute Gasteiger partial charge is 0.461 e. The standard InChI is InChI=1S/C27H27NO5S2/c1-19-7-11-23(12-8-19)34(29,30)28(35(31,32)24-13-9-20(2)10-14-24)16-15-21-17-25(21)27-18-22-5-3-4-6-26(22)33-27/h3-14,18,21,25H,15-17H2,1-2H3/t21-,25-/m1/s1. The van der Waals surface area contributed by atoms with E-state index in [0.717, 1.165) is 34.3 Å². The van der Waals surface area contributed by atoms with E-state index in [1.807, 2.05) is 44.2 Å². The summed E-state index contributed by atoms with van der Waals surface area (Å²) in [5.74, 6) is 1.18. The number of fused-ring (bicyclic) bond motifs is 1. The van der Waals surface area contributed by atoms with Crippen molar-refractivity contribution in [3.05, 3.63) is 95.7 Å². The van der Waals surface area contributed by atoms with Gasteiger partial charge in [0.25, 0.3) is 20.0 Å². The van der Waals surface area contributed by atoms with Gasteiger partial charge in [-0.15, -0.1) is 0 Å². The third-order valence-corrected chi connectivity index (χ3v) is 10.9. The van der Waals surface area contributed by atoms with Crippen LogP contribution in [0.2, 0.25) is 0 Å². The van der Waals surface area contributed by atoms with Crippen LogP contribution in [0.3, 0.4) is 0 Å². The molecule has 0 unspecified atom stereocenters. The molecular weight excluding hydrogens is 482 g/mol. The number of benzene rings is 3. The number of aryl methyl sites for hydroxylation is 2. The second kappa shape index (κ2) is 8.93. The third-order valence-electron chi connectivity index (χ3n) is 6.59. The molecule has 8 heteroatoms. The molecule has 0 aliphatic heterocycles. The number of nitrogens with zero attached hydrogens (tertiary/aromatic N) is 1. The number of furan rings is 1. The zero-order valence-electron chi connectivity index (χ0n) is 19.6. The predicted octanol–water partition coefficient (Wildman–Crippen LogP) is 5.62. The second-order valence-corrected chi connectivity index (χ2v) is 13.2. The van der Waals surface area contributed by atoms with Gasteiger partial charge in [-0.1, -0.05) is 57.3 Å². The van der Waals surface area contributed by atoms with Gasteiger partial charge in [0.2, 0.25) is 0 Å². The smallest absolute Gasteiger partial charge is 0.256 e. The van der Waals surface area contributed by atoms with Gasteiger partial charge in [-0.3, -0.25) is 0 Å². The van der Waals surface area contributed by atoms with Gasteiger partial charge >= 0.3 is 0 Å². The first-order valence-corrected chi connectivity index (χ1v) is 14.4. The Labute approximate surface area is 206 Å². The van der Waals surface area contributed by atoms with E-state index >= 15 is 0 Å². The minimum atomic E-state index is -4.28. The number of rotatable bonds is 8. The molecule has 1 fully saturated rings. The molecule has 1 aliphatic carbocycles. The zero-order chi connectivity index (χ0) is 24.8. The number of hydrogen-bond acceptors (Lipinski definition) is 5. The van der Waals surface area contributed by atoms with Crippen molar-refractivity contribution in [2.75, 3.05) is 6.54 Å². The van der Waals surface area contributed by atoms with Crippen molar-refractivity contribution in [2.45, 2.75) is 42.4 Å². The van der Waals surface area contributed by atoms with Crippen molar-refractivity contribution in [3.8, 4) is 0 Å². The fraction of sp³-hybridized carbons (Fsp3) is 0.259. The quantitative estimate of drug-likeness (QED) is 0.308. The summed E-state index contributed by atoms with van der Waals surface area (Å²) in [6.07, 6.45) is 1.25. The van der Waals surface area contributed by atoms with E-state index in [1.54, 1.807) is 24.3 Å². The highest BCUT2D eigenvalue weighted by molar-refractivity contribution is 8.04. The summed E-state index contributed by atoms with van der Waals surface area (Å²) in [4.78, 5) is -0.0770. The average Bonchev–Trinajstić information content (AvgIpc) is 3.47. The lowest BCUT2D eigenvalue weighted by Crippen LogP contribution is -2.38. The van der Waals surface area contributed by atoms with Crippen LogP contribution in [0.15, 0.2) is 93.1 Å². The van der Waals surface area contributed by atoms with Gasteiger partial charge < -0.3 is 4.42 Å². The van der Waals surface area contributed by atoms with Crippen LogP contribution < -0.4 is 0 Å². The van der Waals surface area contributed by atoms with E-state index in [2.05, 4.69) is 0 Å². The van der Waals surface area contributed by atoms with Crippen molar-refractivity contribution in [1.82, 2.24) is 3.71 Å². The maximum absolute atomic E-state index is 13.6. The molecule has 1 saturated carbocycles. The van der Waals surface area contributed by atoms with Gasteiger partial charge in [-0.25, -0.2) is 16.8 Å². The van der Waals surface area contributed by atoms with Crippen LogP contribution in [0.25, 0.3) is 11.0 Å². The highest BCUT2D eigenvalue weighted by Crippen LogP contribution is 2.51. The van der Waals surface area contributed by atoms with Crippen LogP contribution >= 0.6 is 0 Å². The predicted molar refractivity (Wildman–Crippen MR) is 135 cm³/mol. The molecule has 182 valence electrons. The summed E-state index contributed by atoms with van der Waals surface area (Å²) in [5.41, 5.74) is 2.60. The van der Waals surface area contributed by atoms with Crippen molar-refractivity contribution >= 4 is 31.0 Å². The highest BCUT2D eigenvalue weighted by Gasteiger charge is 2.43. The molecule has 0 spiro atoms. The van der Waals surface area contributed by atoms with Gasteiger partial charge in [0.15, 0.2) is 0 Å². The molecule has 2 atom stereocenters. The van der Waals surface area contributed by atoms with E-state index < -0.39 is 20.0 Å². The fourth-order valence-electron chi connectivity index (χ4n) is 4.40. The SMILES string of the molecule is Cc1ccc(S(=O)(=O)N(CC[C@@H]2C[C@H]2c2cc3ccccc3o2)S(=O)(=O)c2ccc(C)cc2)cc1. The minimum Gasteiger partial charge on any atom is -0.461 e. The maximum Gasteiger partial charge on any atom is 0.256 e. The monoisotopic (exact) mass is 509 g/mol. The van der Waals surface area contributed by atoms with Crippen LogP contribution in [0.1, 0.15) is 35.6 Å². The maximum atomic E-state index is 13.6. The Balaban J connectivity index is 1.42. The molecular formula is C27H27NO5S2. The van der Waals surface area contributed by atoms with E-state index in [4.69, 9.17) is 4.42 Å². The average molecular weight is 510 g/mol. The molecule has 35 heavy (non-hydrogen) atoms. The van der Waals surface area contributed by atoms with Crippen LogP contribution in [0.4, 0.5) is 0 Å². The summed E-state index contributed by atoms with van der Waals surface area (Å²) in [6, 6.07) is 22.3. The Kier molecular flexibility index (Phi) is 6.07. The fourth-order valence-corrected chi connectivity index (χ4v) is 8.07. The molecule has 6 nitrogen and oxygen atoms in total. The van der Waals surface area contributed by atoms with Crippen LogP contribution in [0, 0.1) is 19.8 Å². The minimum absolute atomic E-state index is 0.0385. The lowest BCUT2D eigenvalue weighted by molar-refractivity contribution is 0.475. The summed E-state index contributed by atoms with van der Waals surface area (Å²) in [6.45, 7) is 3.57. The summed E-state index contributed by atoms with van der Waals surface area (Å²) in [7, 11) is -8.56. The molecule has 5 rings (SSSR count). The van der Waals surface area contributed by atoms with Crippen molar-refractivity contribution in [3.63, 3.8) is 0 Å². The Bertz CT molecular complexity index is 1460. The number of sulfonamides is 2. The van der Waals surface area contributed by atoms with Gasteiger partial charge in [0, 0.05) is 17.8 Å². The first kappa shape index (κ1) is 23.8. The molecule has 1 heterocycles. The molecule has 0 N–H and O–H groups in total. The van der Waals surface area contributed by atoms with E-state index in [1.165, 1.54) is 24.3 Å². The molecule has 0 saturated heterocycles. The van der Waals surface area contributed by atoms with Gasteiger partial charge in [-0.05, 0) is 69.0 Å². The van der Waals surface area contributed by atoms with Crippen LogP contribution in [-0.2, 0) is 20.0 Å². The summed E-state index contributed by atoms with van der Waals surface area (Å²) >= 11 is 0. The van der Waals surface area contributed by atoms with Gasteiger partial charge in [0.1, 0.15) is 11.3 Å². The topological polar surface area (TPSA) is 84.7 Å². The molecule has 1 aromatic heterocycles. The first-order valence-electron chi connectivity index (χ1n) is 11.6. The number of hydrogen-bond donors (Lipinski definition) is 0. The third kappa shape index (κ3) is 4.66. The Morgan fingerprint density at radius 3 is 1.89 bits per heavy atom. The molecule has 0 radical (unpaired) electrons. The van der Waals surface area contributed by atoms with E-state index in [0.29, 0.717) is 10.1 Å². The Morgan fingerprint density at radius 1 is 0.800 bits per heavy atom. The Morgan fingerprint density at radius 2 is 1.34 bits per heavy atom. The molecule has 0 bridgehead atoms. The zero-order valence-corrected chi connectivity index (χ0v) is 21.2. The molecule has 4 aromatic rings. The first-order chi connectivity index (χ1) is 16.7. The molecule has 1 aliphatic rings. The summed E-state index contributed by atoms with van der Waals surface area (Å²) in [5, 5.41) is 1.03. The van der Waals surface area contributed by atoms with Crippen molar-refractivity contribution in [2.24, 2.45) is 5.92 Å².